The second-order valence-electron chi connectivity index (χ2n) is 3.59. The molecule has 0 saturated heterocycles. The van der Waals surface area contributed by atoms with Gasteiger partial charge in [-0.15, -0.1) is 0 Å². The summed E-state index contributed by atoms with van der Waals surface area (Å²) in [6.07, 6.45) is 1.99. The third-order valence-corrected chi connectivity index (χ3v) is 2.38. The zero-order valence-electron chi connectivity index (χ0n) is 8.96. The quantitative estimate of drug-likeness (QED) is 0.622. The Morgan fingerprint density at radius 1 is 1.00 bits per heavy atom. The predicted octanol–water partition coefficient (Wildman–Crippen LogP) is 3.03. The minimum atomic E-state index is 1.05. The summed E-state index contributed by atoms with van der Waals surface area (Å²) in [7, 11) is 0. The van der Waals surface area contributed by atoms with Crippen molar-refractivity contribution < 1.29 is 0 Å². The van der Waals surface area contributed by atoms with Crippen LogP contribution in [0.2, 0.25) is 0 Å². The maximum Gasteiger partial charge on any atom is 0.0482 e. The molecule has 0 atom stereocenters. The molecular formula is C14H13N. The first kappa shape index (κ1) is 9.61. The minimum Gasteiger partial charge on any atom is -0.364 e. The Morgan fingerprint density at radius 3 is 2.33 bits per heavy atom. The molecule has 1 nitrogen and oxygen atoms in total. The molecule has 0 radical (unpaired) electrons. The highest BCUT2D eigenvalue weighted by Crippen LogP contribution is 2.10. The van der Waals surface area contributed by atoms with Crippen molar-refractivity contribution in [3.05, 3.63) is 58.9 Å². The van der Waals surface area contributed by atoms with Gasteiger partial charge < -0.3 is 4.98 Å². The monoisotopic (exact) mass is 195 g/mol. The van der Waals surface area contributed by atoms with E-state index in [-0.39, 0.29) is 0 Å². The number of H-pyrrole nitrogens is 1. The number of nitrogens with one attached hydrogen (secondary N) is 1. The van der Waals surface area contributed by atoms with Gasteiger partial charge in [-0.3, -0.25) is 0 Å². The van der Waals surface area contributed by atoms with Crippen LogP contribution in [0.15, 0.2) is 36.5 Å². The number of hydrogen-bond donors (Lipinski definition) is 1. The van der Waals surface area contributed by atoms with Gasteiger partial charge in [0.05, 0.1) is 0 Å². The third kappa shape index (κ3) is 2.11. The molecule has 1 aromatic carbocycles. The van der Waals surface area contributed by atoms with E-state index in [0.717, 1.165) is 16.8 Å². The fourth-order valence-electron chi connectivity index (χ4n) is 1.51. The Kier molecular flexibility index (Phi) is 2.60. The summed E-state index contributed by atoms with van der Waals surface area (Å²) in [4.78, 5) is 3.17. The molecule has 1 N–H and O–H groups in total. The van der Waals surface area contributed by atoms with E-state index in [1.165, 1.54) is 5.56 Å². The van der Waals surface area contributed by atoms with E-state index in [1.807, 2.05) is 43.5 Å². The second kappa shape index (κ2) is 4.06. The van der Waals surface area contributed by atoms with Gasteiger partial charge in [0.1, 0.15) is 0 Å². The van der Waals surface area contributed by atoms with Gasteiger partial charge in [-0.05, 0) is 31.5 Å². The maximum atomic E-state index is 3.20. The molecule has 0 amide bonds. The second-order valence-corrected chi connectivity index (χ2v) is 3.59. The summed E-state index contributed by atoms with van der Waals surface area (Å²) in [5.74, 6) is 6.35. The van der Waals surface area contributed by atoms with Crippen LogP contribution in [0.3, 0.4) is 0 Å². The maximum absolute atomic E-state index is 3.20. The van der Waals surface area contributed by atoms with Crippen LogP contribution >= 0.6 is 0 Å². The zero-order valence-corrected chi connectivity index (χ0v) is 8.96. The molecule has 15 heavy (non-hydrogen) atoms. The molecule has 74 valence electrons. The molecule has 1 heteroatoms. The Balaban J connectivity index is 2.34. The summed E-state index contributed by atoms with van der Waals surface area (Å²) >= 11 is 0. The fourth-order valence-corrected chi connectivity index (χ4v) is 1.51. The topological polar surface area (TPSA) is 15.8 Å². The van der Waals surface area contributed by atoms with Gasteiger partial charge in [-0.25, -0.2) is 0 Å². The van der Waals surface area contributed by atoms with Crippen LogP contribution in [0.5, 0.6) is 0 Å². The van der Waals surface area contributed by atoms with Crippen LogP contribution in [0.25, 0.3) is 0 Å². The van der Waals surface area contributed by atoms with Crippen molar-refractivity contribution in [3.63, 3.8) is 0 Å². The largest absolute Gasteiger partial charge is 0.364 e. The van der Waals surface area contributed by atoms with E-state index in [2.05, 4.69) is 23.7 Å². The Bertz CT molecular complexity index is 490. The Labute approximate surface area is 90.2 Å². The van der Waals surface area contributed by atoms with Gasteiger partial charge in [-0.1, -0.05) is 30.0 Å². The van der Waals surface area contributed by atoms with Crippen LogP contribution < -0.4 is 0 Å². The van der Waals surface area contributed by atoms with Crippen LogP contribution in [0, 0.1) is 25.7 Å². The van der Waals surface area contributed by atoms with E-state index in [9.17, 15) is 0 Å². The molecule has 0 saturated carbocycles. The van der Waals surface area contributed by atoms with E-state index in [4.69, 9.17) is 0 Å². The molecule has 0 aliphatic rings. The van der Waals surface area contributed by atoms with Crippen molar-refractivity contribution in [1.82, 2.24) is 4.98 Å². The number of aryl methyl sites for hydroxylation is 2. The van der Waals surface area contributed by atoms with E-state index in [0.29, 0.717) is 0 Å². The summed E-state index contributed by atoms with van der Waals surface area (Å²) in [6, 6.07) is 10.0. The van der Waals surface area contributed by atoms with Gasteiger partial charge >= 0.3 is 0 Å². The standard InChI is InChI=1S/C14H13N/c1-11-10-15-12(2)14(11)9-8-13-6-4-3-5-7-13/h3-7,10,15H,1-2H3. The molecule has 0 aliphatic heterocycles. The molecule has 0 unspecified atom stereocenters. The highest BCUT2D eigenvalue weighted by atomic mass is 14.7. The smallest absolute Gasteiger partial charge is 0.0482 e. The third-order valence-electron chi connectivity index (χ3n) is 2.38. The first-order valence-corrected chi connectivity index (χ1v) is 4.99. The van der Waals surface area contributed by atoms with Gasteiger partial charge in [-0.2, -0.15) is 0 Å². The number of aromatic nitrogens is 1. The Morgan fingerprint density at radius 2 is 1.73 bits per heavy atom. The highest BCUT2D eigenvalue weighted by Gasteiger charge is 1.99. The molecule has 0 aliphatic carbocycles. The van der Waals surface area contributed by atoms with Crippen LogP contribution in [-0.2, 0) is 0 Å². The zero-order chi connectivity index (χ0) is 10.7. The predicted molar refractivity (Wildman–Crippen MR) is 62.7 cm³/mol. The summed E-state index contributed by atoms with van der Waals surface area (Å²) < 4.78 is 0. The van der Waals surface area contributed by atoms with Crippen molar-refractivity contribution >= 4 is 0 Å². The lowest BCUT2D eigenvalue weighted by molar-refractivity contribution is 1.26. The first-order valence-electron chi connectivity index (χ1n) is 4.99. The normalized spacial score (nSPS) is 9.47. The van der Waals surface area contributed by atoms with Crippen LogP contribution in [0.4, 0.5) is 0 Å². The summed E-state index contributed by atoms with van der Waals surface area (Å²) in [6.45, 7) is 4.11. The lowest BCUT2D eigenvalue weighted by Crippen LogP contribution is -1.79. The van der Waals surface area contributed by atoms with Crippen LogP contribution in [-0.4, -0.2) is 4.98 Å². The van der Waals surface area contributed by atoms with Crippen molar-refractivity contribution in [2.24, 2.45) is 0 Å². The number of rotatable bonds is 0. The Hall–Kier alpha value is -1.94. The number of hydrogen-bond acceptors (Lipinski definition) is 0. The average Bonchev–Trinajstić information content (AvgIpc) is 2.58. The molecule has 1 heterocycles. The SMILES string of the molecule is Cc1c[nH]c(C)c1C#Cc1ccccc1. The van der Waals surface area contributed by atoms with Gasteiger partial charge in [0.15, 0.2) is 0 Å². The van der Waals surface area contributed by atoms with E-state index < -0.39 is 0 Å². The summed E-state index contributed by atoms with van der Waals surface area (Å²) in [5, 5.41) is 0. The fraction of sp³-hybridized carbons (Fsp3) is 0.143. The van der Waals surface area contributed by atoms with Gasteiger partial charge in [0, 0.05) is 23.0 Å². The van der Waals surface area contributed by atoms with E-state index in [1.54, 1.807) is 0 Å². The average molecular weight is 195 g/mol. The molecule has 0 fully saturated rings. The molecule has 1 aromatic heterocycles. The number of aromatic amines is 1. The van der Waals surface area contributed by atoms with Crippen molar-refractivity contribution in [1.29, 1.82) is 0 Å². The van der Waals surface area contributed by atoms with Crippen molar-refractivity contribution in [2.45, 2.75) is 13.8 Å². The highest BCUT2D eigenvalue weighted by molar-refractivity contribution is 5.48. The summed E-state index contributed by atoms with van der Waals surface area (Å²) in [5.41, 5.74) is 4.50. The number of benzene rings is 1. The molecule has 0 spiro atoms. The lowest BCUT2D eigenvalue weighted by atomic mass is 10.1. The van der Waals surface area contributed by atoms with Gasteiger partial charge in [0.2, 0.25) is 0 Å². The lowest BCUT2D eigenvalue weighted by Gasteiger charge is -1.90. The molecular weight excluding hydrogens is 182 g/mol. The minimum absolute atomic E-state index is 1.05. The van der Waals surface area contributed by atoms with Crippen molar-refractivity contribution in [3.8, 4) is 11.8 Å². The van der Waals surface area contributed by atoms with Crippen LogP contribution in [0.1, 0.15) is 22.4 Å². The molecule has 2 aromatic rings. The van der Waals surface area contributed by atoms with E-state index >= 15 is 0 Å². The van der Waals surface area contributed by atoms with Gasteiger partial charge in [0.25, 0.3) is 0 Å². The first-order chi connectivity index (χ1) is 7.27. The molecule has 0 bridgehead atoms. The van der Waals surface area contributed by atoms with Crippen molar-refractivity contribution in [2.75, 3.05) is 0 Å². The molecule has 2 rings (SSSR count).